The molecule has 2 fully saturated rings. The summed E-state index contributed by atoms with van der Waals surface area (Å²) in [5.74, 6) is -1.10. The first kappa shape index (κ1) is 55.8. The number of rotatable bonds is 24. The van der Waals surface area contributed by atoms with Crippen molar-refractivity contribution in [1.29, 1.82) is 0 Å². The lowest BCUT2D eigenvalue weighted by molar-refractivity contribution is -0.384. The zero-order valence-electron chi connectivity index (χ0n) is 41.2. The molecule has 390 valence electrons. The van der Waals surface area contributed by atoms with E-state index >= 15 is 0 Å². The number of nitrogens with one attached hydrogen (secondary N) is 4. The molecule has 23 heteroatoms. The number of hydrogen-bond acceptors (Lipinski definition) is 17. The van der Waals surface area contributed by atoms with E-state index in [0.29, 0.717) is 37.9 Å². The second kappa shape index (κ2) is 26.9. The zero-order chi connectivity index (χ0) is 52.5. The van der Waals surface area contributed by atoms with Crippen molar-refractivity contribution in [3.05, 3.63) is 104 Å². The number of nitro groups is 1. The van der Waals surface area contributed by atoms with Crippen LogP contribution in [0.1, 0.15) is 97.1 Å². The molecule has 4 aromatic rings. The van der Waals surface area contributed by atoms with Crippen LogP contribution in [0.15, 0.2) is 76.8 Å². The normalized spacial score (nSPS) is 19.0. The molecule has 0 spiro atoms. The quantitative estimate of drug-likeness (QED) is 0.0161. The van der Waals surface area contributed by atoms with E-state index in [2.05, 4.69) is 39.4 Å². The van der Waals surface area contributed by atoms with Gasteiger partial charge in [-0.1, -0.05) is 76.4 Å². The average Bonchev–Trinajstić information content (AvgIpc) is 3.82. The SMILES string of the molecule is C=CCn1c(=O)n([C@H]2O[C@H]3COC(c4ccccc4)O[C@@H]3[C@@H]2OC(=O)Oc2ccc([N+](=O)[O-])cc2)c2nc(N)[nH]c(=O)c21.CCCCC[C@H](CC(=O)[C@@H](NC(=O)CCCC(C)=O)C(C)C)C(=O)NCCNC. The molecule has 2 saturated heterocycles. The Morgan fingerprint density at radius 2 is 1.75 bits per heavy atom. The number of non-ortho nitro benzene ring substituents is 1. The van der Waals surface area contributed by atoms with Gasteiger partial charge in [0.2, 0.25) is 17.8 Å². The summed E-state index contributed by atoms with van der Waals surface area (Å²) < 4.78 is 31.4. The molecule has 1 unspecified atom stereocenters. The minimum Gasteiger partial charge on any atom is -0.423 e. The van der Waals surface area contributed by atoms with Crippen LogP contribution in [0.5, 0.6) is 5.75 Å². The molecule has 0 bridgehead atoms. The number of ketones is 2. The average molecular weight is 1000 g/mol. The Kier molecular flexibility index (Phi) is 20.9. The smallest absolute Gasteiger partial charge is 0.423 e. The van der Waals surface area contributed by atoms with Gasteiger partial charge in [-0.2, -0.15) is 4.98 Å². The molecule has 2 amide bonds. The molecular formula is C49H65N9O14. The van der Waals surface area contributed by atoms with Crippen molar-refractivity contribution >= 4 is 52.3 Å². The molecule has 7 atom stereocenters. The number of fused-ring (bicyclic) bond motifs is 2. The summed E-state index contributed by atoms with van der Waals surface area (Å²) in [5.41, 5.74) is 4.71. The van der Waals surface area contributed by atoms with Crippen molar-refractivity contribution in [2.45, 2.75) is 122 Å². The van der Waals surface area contributed by atoms with Gasteiger partial charge in [0.15, 0.2) is 35.6 Å². The molecular weight excluding hydrogens is 939 g/mol. The van der Waals surface area contributed by atoms with Gasteiger partial charge >= 0.3 is 11.8 Å². The number of carbonyl (C=O) groups is 5. The Morgan fingerprint density at radius 3 is 2.39 bits per heavy atom. The number of nitrogen functional groups attached to an aromatic ring is 1. The molecule has 4 heterocycles. The van der Waals surface area contributed by atoms with Gasteiger partial charge < -0.3 is 50.2 Å². The van der Waals surface area contributed by atoms with Crippen molar-refractivity contribution in [2.75, 3.05) is 32.5 Å². The van der Waals surface area contributed by atoms with Crippen molar-refractivity contribution < 1.29 is 52.6 Å². The van der Waals surface area contributed by atoms with Crippen LogP contribution in [-0.4, -0.2) is 105 Å². The summed E-state index contributed by atoms with van der Waals surface area (Å²) >= 11 is 0. The minimum atomic E-state index is -1.35. The lowest BCUT2D eigenvalue weighted by Gasteiger charge is -2.33. The summed E-state index contributed by atoms with van der Waals surface area (Å²) in [5, 5.41) is 19.7. The number of nitrogens with two attached hydrogens (primary N) is 1. The number of carbonyl (C=O) groups excluding carboxylic acids is 5. The van der Waals surface area contributed by atoms with E-state index < -0.39 is 59.2 Å². The van der Waals surface area contributed by atoms with Crippen molar-refractivity contribution in [1.82, 2.24) is 35.1 Å². The number of ether oxygens (including phenoxy) is 5. The number of amides is 2. The number of hydrogen-bond donors (Lipinski definition) is 5. The van der Waals surface area contributed by atoms with Crippen LogP contribution in [-0.2, 0) is 44.7 Å². The highest BCUT2D eigenvalue weighted by atomic mass is 16.8. The molecule has 0 radical (unpaired) electrons. The van der Waals surface area contributed by atoms with Crippen molar-refractivity contribution in [2.24, 2.45) is 11.8 Å². The second-order valence-electron chi connectivity index (χ2n) is 17.7. The topological polar surface area (TPSA) is 309 Å². The number of H-pyrrole nitrogens is 1. The summed E-state index contributed by atoms with van der Waals surface area (Å²) in [6.07, 6.45) is -0.233. The number of nitro benzene ring substituents is 1. The molecule has 6 N–H and O–H groups in total. The van der Waals surface area contributed by atoms with Gasteiger partial charge in [0, 0.05) is 62.5 Å². The number of aromatic nitrogens is 4. The third-order valence-corrected chi connectivity index (χ3v) is 11.8. The number of anilines is 1. The molecule has 72 heavy (non-hydrogen) atoms. The maximum absolute atomic E-state index is 13.7. The van der Waals surface area contributed by atoms with Crippen LogP contribution in [0.2, 0.25) is 0 Å². The van der Waals surface area contributed by atoms with Crippen LogP contribution in [0.3, 0.4) is 0 Å². The first-order chi connectivity index (χ1) is 34.5. The number of Topliss-reactive ketones (excluding diaryl/α,β-unsaturated/α-hetero) is 2. The van der Waals surface area contributed by atoms with Gasteiger partial charge in [0.1, 0.15) is 23.7 Å². The standard InChI is InChI=1S/C27H24N6O10.C22H41N3O4/c1-2-12-31-18-21(29-25(28)30-22(18)34)32(26(31)35)23-20(43-27(36)40-16-10-8-15(9-11-16)33(37)38)19-17(41-23)13-39-24(42-19)14-6-4-3-5-7-14;1-6-7-8-11-18(22(29)24-14-13-23-5)15-19(27)21(16(2)3)25-20(28)12-9-10-17(4)26/h2-11,17,19-20,23-24H,1,12-13H2,(H3,28,29,30,34);16,18,21,23H,6-15H2,1-5H3,(H,24,29)(H,25,28)/t17-,19-,20-,23-,24?;18-,21+/m01/s1. The van der Waals surface area contributed by atoms with Crippen molar-refractivity contribution in [3.8, 4) is 5.75 Å². The van der Waals surface area contributed by atoms with E-state index in [9.17, 15) is 43.7 Å². The molecule has 23 nitrogen and oxygen atoms in total. The summed E-state index contributed by atoms with van der Waals surface area (Å²) in [4.78, 5) is 105. The zero-order valence-corrected chi connectivity index (χ0v) is 41.2. The maximum Gasteiger partial charge on any atom is 0.514 e. The monoisotopic (exact) mass is 1000 g/mol. The highest BCUT2D eigenvalue weighted by Gasteiger charge is 2.54. The third kappa shape index (κ3) is 15.0. The Balaban J connectivity index is 0.000000292. The van der Waals surface area contributed by atoms with Crippen LogP contribution in [0.4, 0.5) is 16.4 Å². The molecule has 0 saturated carbocycles. The van der Waals surface area contributed by atoms with Gasteiger partial charge in [-0.3, -0.25) is 38.8 Å². The van der Waals surface area contributed by atoms with Gasteiger partial charge in [0.05, 0.1) is 17.6 Å². The summed E-state index contributed by atoms with van der Waals surface area (Å²) in [6.45, 7) is 12.2. The van der Waals surface area contributed by atoms with E-state index in [4.69, 9.17) is 29.4 Å². The first-order valence-electron chi connectivity index (χ1n) is 23.9. The molecule has 2 aliphatic rings. The Morgan fingerprint density at radius 1 is 1.03 bits per heavy atom. The van der Waals surface area contributed by atoms with Crippen LogP contribution in [0, 0.1) is 22.0 Å². The molecule has 0 aliphatic carbocycles. The van der Waals surface area contributed by atoms with Gasteiger partial charge in [-0.25, -0.2) is 14.2 Å². The Bertz CT molecular complexity index is 2630. The summed E-state index contributed by atoms with van der Waals surface area (Å²) in [6, 6.07) is 13.2. The molecule has 2 aromatic heterocycles. The lowest BCUT2D eigenvalue weighted by atomic mass is 9.89. The van der Waals surface area contributed by atoms with E-state index in [1.807, 2.05) is 27.0 Å². The number of nitrogens with zero attached hydrogens (tertiary/aromatic N) is 4. The molecule has 6 rings (SSSR count). The van der Waals surface area contributed by atoms with E-state index in [0.717, 1.165) is 40.5 Å². The largest absolute Gasteiger partial charge is 0.514 e. The fraction of sp³-hybridized carbons (Fsp3) is 0.510. The Labute approximate surface area is 415 Å². The number of likely N-dealkylation sites (N-methyl/N-ethyl adjacent to an activating group) is 1. The summed E-state index contributed by atoms with van der Waals surface area (Å²) in [7, 11) is 1.82. The maximum atomic E-state index is 13.7. The highest BCUT2D eigenvalue weighted by Crippen LogP contribution is 2.41. The van der Waals surface area contributed by atoms with E-state index in [1.165, 1.54) is 25.1 Å². The second-order valence-corrected chi connectivity index (χ2v) is 17.7. The number of aromatic amines is 1. The molecule has 2 aliphatic heterocycles. The van der Waals surface area contributed by atoms with Crippen LogP contribution < -0.4 is 37.7 Å². The van der Waals surface area contributed by atoms with Gasteiger partial charge in [0.25, 0.3) is 11.2 Å². The highest BCUT2D eigenvalue weighted by molar-refractivity contribution is 5.92. The lowest BCUT2D eigenvalue weighted by Crippen LogP contribution is -2.46. The Hall–Kier alpha value is -7.08. The number of imidazole rings is 1. The number of benzene rings is 2. The third-order valence-electron chi connectivity index (χ3n) is 11.8. The van der Waals surface area contributed by atoms with E-state index in [-0.39, 0.29) is 89.8 Å². The fourth-order valence-corrected chi connectivity index (χ4v) is 8.24. The minimum absolute atomic E-state index is 0.00812. The van der Waals surface area contributed by atoms with Crippen LogP contribution >= 0.6 is 0 Å². The van der Waals surface area contributed by atoms with Crippen LogP contribution in [0.25, 0.3) is 11.2 Å². The number of allylic oxidation sites excluding steroid dienone is 1. The van der Waals surface area contributed by atoms with Gasteiger partial charge in [-0.05, 0) is 44.9 Å². The fourth-order valence-electron chi connectivity index (χ4n) is 8.24. The predicted molar refractivity (Wildman–Crippen MR) is 263 cm³/mol. The van der Waals surface area contributed by atoms with Crippen molar-refractivity contribution in [3.63, 3.8) is 0 Å². The van der Waals surface area contributed by atoms with Gasteiger partial charge in [-0.15, -0.1) is 6.58 Å². The van der Waals surface area contributed by atoms with E-state index in [1.54, 1.807) is 24.3 Å². The predicted octanol–water partition coefficient (Wildman–Crippen LogP) is 4.54. The molecule has 2 aromatic carbocycles. The first-order valence-corrected chi connectivity index (χ1v) is 23.9. The number of unbranched alkanes of at least 4 members (excludes halogenated alkanes) is 2.